The highest BCUT2D eigenvalue weighted by Crippen LogP contribution is 2.00. The zero-order valence-corrected chi connectivity index (χ0v) is 7.64. The molecule has 13 heavy (non-hydrogen) atoms. The molecule has 4 nitrogen and oxygen atoms in total. The van der Waals surface area contributed by atoms with Crippen LogP contribution in [0, 0.1) is 0 Å². The minimum atomic E-state index is -0.446. The Morgan fingerprint density at radius 2 is 2.31 bits per heavy atom. The van der Waals surface area contributed by atoms with E-state index in [1.54, 1.807) is 12.1 Å². The molecule has 1 aromatic rings. The number of nitrogens with one attached hydrogen (secondary N) is 1. The van der Waals surface area contributed by atoms with Crippen molar-refractivity contribution in [3.8, 4) is 0 Å². The van der Waals surface area contributed by atoms with Crippen molar-refractivity contribution < 1.29 is 4.39 Å². The monoisotopic (exact) mass is 200 g/mol. The third kappa shape index (κ3) is 2.90. The second kappa shape index (κ2) is 4.66. The fourth-order valence-electron chi connectivity index (χ4n) is 0.733. The fourth-order valence-corrected chi connectivity index (χ4v) is 0.842. The molecular formula is C7H9FN4S. The van der Waals surface area contributed by atoms with Gasteiger partial charge in [0, 0.05) is 6.54 Å². The molecule has 6 heteroatoms. The predicted molar refractivity (Wildman–Crippen MR) is 52.4 cm³/mol. The molecule has 0 atom stereocenters. The summed E-state index contributed by atoms with van der Waals surface area (Å²) < 4.78 is 11.7. The second-order valence-corrected chi connectivity index (χ2v) is 2.72. The largest absolute Gasteiger partial charge is 0.388 e. The normalized spacial score (nSPS) is 9.62. The molecule has 0 saturated heterocycles. The SMILES string of the molecule is NC(=S)c1ccc(NCCF)nn1. The van der Waals surface area contributed by atoms with Crippen LogP contribution < -0.4 is 11.1 Å². The number of nitrogens with zero attached hydrogens (tertiary/aromatic N) is 2. The number of alkyl halides is 1. The molecule has 0 radical (unpaired) electrons. The van der Waals surface area contributed by atoms with E-state index in [0.29, 0.717) is 11.5 Å². The Kier molecular flexibility index (Phi) is 3.51. The van der Waals surface area contributed by atoms with Gasteiger partial charge in [-0.15, -0.1) is 10.2 Å². The molecular weight excluding hydrogens is 191 g/mol. The zero-order chi connectivity index (χ0) is 9.68. The van der Waals surface area contributed by atoms with Gasteiger partial charge in [0.1, 0.15) is 23.2 Å². The van der Waals surface area contributed by atoms with Crippen molar-refractivity contribution >= 4 is 23.0 Å². The van der Waals surface area contributed by atoms with Crippen LogP contribution in [0.4, 0.5) is 10.2 Å². The maximum atomic E-state index is 11.7. The number of hydrogen-bond donors (Lipinski definition) is 2. The molecule has 0 amide bonds. The topological polar surface area (TPSA) is 63.8 Å². The van der Waals surface area contributed by atoms with Crippen LogP contribution in [-0.2, 0) is 0 Å². The van der Waals surface area contributed by atoms with Crippen LogP contribution in [0.2, 0.25) is 0 Å². The smallest absolute Gasteiger partial charge is 0.148 e. The summed E-state index contributed by atoms with van der Waals surface area (Å²) in [6.45, 7) is -0.222. The van der Waals surface area contributed by atoms with E-state index in [-0.39, 0.29) is 11.5 Å². The van der Waals surface area contributed by atoms with Crippen molar-refractivity contribution in [2.45, 2.75) is 0 Å². The Morgan fingerprint density at radius 3 is 2.77 bits per heavy atom. The average Bonchev–Trinajstić information content (AvgIpc) is 2.15. The number of hydrogen-bond acceptors (Lipinski definition) is 4. The van der Waals surface area contributed by atoms with Crippen molar-refractivity contribution in [1.82, 2.24) is 10.2 Å². The summed E-state index contributed by atoms with van der Waals surface area (Å²) in [5, 5.41) is 10.2. The summed E-state index contributed by atoms with van der Waals surface area (Å²) in [6.07, 6.45) is 0. The third-order valence-electron chi connectivity index (χ3n) is 1.32. The zero-order valence-electron chi connectivity index (χ0n) is 6.83. The van der Waals surface area contributed by atoms with Gasteiger partial charge in [0.2, 0.25) is 0 Å². The van der Waals surface area contributed by atoms with Crippen LogP contribution in [0.5, 0.6) is 0 Å². The lowest BCUT2D eigenvalue weighted by Gasteiger charge is -2.01. The molecule has 0 aromatic carbocycles. The van der Waals surface area contributed by atoms with Gasteiger partial charge in [-0.2, -0.15) is 0 Å². The van der Waals surface area contributed by atoms with E-state index >= 15 is 0 Å². The summed E-state index contributed by atoms with van der Waals surface area (Å²) in [5.41, 5.74) is 5.77. The number of rotatable bonds is 4. The Morgan fingerprint density at radius 1 is 1.54 bits per heavy atom. The van der Waals surface area contributed by atoms with E-state index in [2.05, 4.69) is 27.7 Å². The van der Waals surface area contributed by atoms with Gasteiger partial charge >= 0.3 is 0 Å². The van der Waals surface area contributed by atoms with Crippen LogP contribution in [-0.4, -0.2) is 28.4 Å². The van der Waals surface area contributed by atoms with Crippen LogP contribution in [0.15, 0.2) is 12.1 Å². The Labute approximate surface area is 80.3 Å². The maximum absolute atomic E-state index is 11.7. The van der Waals surface area contributed by atoms with E-state index in [4.69, 9.17) is 5.73 Å². The van der Waals surface area contributed by atoms with Crippen LogP contribution in [0.1, 0.15) is 5.69 Å². The first-order valence-corrected chi connectivity index (χ1v) is 4.08. The van der Waals surface area contributed by atoms with Crippen LogP contribution in [0.3, 0.4) is 0 Å². The Balaban J connectivity index is 2.64. The van der Waals surface area contributed by atoms with Crippen LogP contribution in [0.25, 0.3) is 0 Å². The van der Waals surface area contributed by atoms with Gasteiger partial charge in [-0.1, -0.05) is 12.2 Å². The van der Waals surface area contributed by atoms with Crippen LogP contribution >= 0.6 is 12.2 Å². The van der Waals surface area contributed by atoms with Crippen molar-refractivity contribution in [3.05, 3.63) is 17.8 Å². The van der Waals surface area contributed by atoms with Crippen molar-refractivity contribution in [3.63, 3.8) is 0 Å². The molecule has 0 aliphatic heterocycles. The van der Waals surface area contributed by atoms with Crippen molar-refractivity contribution in [2.24, 2.45) is 5.73 Å². The van der Waals surface area contributed by atoms with E-state index in [1.807, 2.05) is 0 Å². The summed E-state index contributed by atoms with van der Waals surface area (Å²) in [7, 11) is 0. The number of nitrogens with two attached hydrogens (primary N) is 1. The highest BCUT2D eigenvalue weighted by atomic mass is 32.1. The van der Waals surface area contributed by atoms with Gasteiger partial charge in [-0.3, -0.25) is 0 Å². The first-order chi connectivity index (χ1) is 6.24. The molecule has 70 valence electrons. The molecule has 1 heterocycles. The Hall–Kier alpha value is -1.30. The lowest BCUT2D eigenvalue weighted by Crippen LogP contribution is -2.13. The molecule has 3 N–H and O–H groups in total. The predicted octanol–water partition coefficient (Wildman–Crippen LogP) is 0.492. The highest BCUT2D eigenvalue weighted by Gasteiger charge is 1.98. The minimum Gasteiger partial charge on any atom is -0.388 e. The second-order valence-electron chi connectivity index (χ2n) is 2.28. The first kappa shape index (κ1) is 9.79. The van der Waals surface area contributed by atoms with Gasteiger partial charge in [0.05, 0.1) is 0 Å². The summed E-state index contributed by atoms with van der Waals surface area (Å²) >= 11 is 4.69. The van der Waals surface area contributed by atoms with Gasteiger partial charge in [0.25, 0.3) is 0 Å². The third-order valence-corrected chi connectivity index (χ3v) is 1.53. The van der Waals surface area contributed by atoms with E-state index < -0.39 is 6.67 Å². The van der Waals surface area contributed by atoms with Gasteiger partial charge < -0.3 is 11.1 Å². The standard InChI is InChI=1S/C7H9FN4S/c8-3-4-10-6-2-1-5(7(9)13)11-12-6/h1-2H,3-4H2,(H2,9,13)(H,10,12). The van der Waals surface area contributed by atoms with E-state index in [0.717, 1.165) is 0 Å². The Bertz CT molecular complexity index is 287. The minimum absolute atomic E-state index is 0.199. The molecule has 1 rings (SSSR count). The van der Waals surface area contributed by atoms with Gasteiger partial charge in [-0.25, -0.2) is 4.39 Å². The van der Waals surface area contributed by atoms with Gasteiger partial charge in [0.15, 0.2) is 0 Å². The summed E-state index contributed by atoms with van der Waals surface area (Å²) in [5.74, 6) is 0.512. The molecule has 0 spiro atoms. The molecule has 0 saturated carbocycles. The molecule has 1 aromatic heterocycles. The molecule has 0 aliphatic carbocycles. The summed E-state index contributed by atoms with van der Waals surface area (Å²) in [6, 6.07) is 3.28. The maximum Gasteiger partial charge on any atom is 0.148 e. The number of anilines is 1. The number of thiocarbonyl (C=S) groups is 1. The highest BCUT2D eigenvalue weighted by molar-refractivity contribution is 7.80. The van der Waals surface area contributed by atoms with Gasteiger partial charge in [-0.05, 0) is 12.1 Å². The lowest BCUT2D eigenvalue weighted by molar-refractivity contribution is 0.512. The average molecular weight is 200 g/mol. The quantitative estimate of drug-likeness (QED) is 0.693. The molecule has 0 fully saturated rings. The van der Waals surface area contributed by atoms with E-state index in [1.165, 1.54) is 0 Å². The number of halogens is 1. The number of aromatic nitrogens is 2. The summed E-state index contributed by atoms with van der Waals surface area (Å²) in [4.78, 5) is 0.199. The van der Waals surface area contributed by atoms with Crippen molar-refractivity contribution in [2.75, 3.05) is 18.5 Å². The lowest BCUT2D eigenvalue weighted by atomic mass is 10.4. The van der Waals surface area contributed by atoms with E-state index in [9.17, 15) is 4.39 Å². The first-order valence-electron chi connectivity index (χ1n) is 3.67. The molecule has 0 bridgehead atoms. The fraction of sp³-hybridized carbons (Fsp3) is 0.286. The van der Waals surface area contributed by atoms with Crippen molar-refractivity contribution in [1.29, 1.82) is 0 Å². The molecule has 0 aliphatic rings. The molecule has 0 unspecified atom stereocenters.